The lowest BCUT2D eigenvalue weighted by Crippen LogP contribution is -2.29. The number of carbonyl (C=O) groups excluding carboxylic acids is 2. The van der Waals surface area contributed by atoms with E-state index in [1.807, 2.05) is 38.1 Å². The molecule has 2 aromatic carbocycles. The Balaban J connectivity index is 1.88. The highest BCUT2D eigenvalue weighted by Crippen LogP contribution is 2.38. The van der Waals surface area contributed by atoms with Crippen molar-refractivity contribution < 1.29 is 19.4 Å². The summed E-state index contributed by atoms with van der Waals surface area (Å²) in [7, 11) is 0. The van der Waals surface area contributed by atoms with Gasteiger partial charge in [0.05, 0.1) is 15.6 Å². The van der Waals surface area contributed by atoms with Gasteiger partial charge in [-0.1, -0.05) is 42.8 Å². The van der Waals surface area contributed by atoms with Crippen LogP contribution >= 0.6 is 23.4 Å². The van der Waals surface area contributed by atoms with Crippen LogP contribution in [0.3, 0.4) is 0 Å². The molecule has 0 aromatic heterocycles. The minimum atomic E-state index is -1.21. The Morgan fingerprint density at radius 2 is 2.06 bits per heavy atom. The molecule has 1 fully saturated rings. The van der Waals surface area contributed by atoms with Gasteiger partial charge in [-0.15, -0.1) is 0 Å². The summed E-state index contributed by atoms with van der Waals surface area (Å²) < 4.78 is 5.35. The number of aliphatic hydroxyl groups excluding tert-OH is 1. The van der Waals surface area contributed by atoms with Gasteiger partial charge in [0.2, 0.25) is 0 Å². The summed E-state index contributed by atoms with van der Waals surface area (Å²) in [5, 5.41) is 10.3. The molecular formula is C23H23ClN2O4S. The number of thioether (sulfide) groups is 1. The maximum absolute atomic E-state index is 13.2. The van der Waals surface area contributed by atoms with Crippen molar-refractivity contribution in [3.05, 3.63) is 63.5 Å². The van der Waals surface area contributed by atoms with Crippen LogP contribution in [0.5, 0.6) is 5.75 Å². The summed E-state index contributed by atoms with van der Waals surface area (Å²) in [6.45, 7) is 4.46. The van der Waals surface area contributed by atoms with Crippen molar-refractivity contribution in [2.75, 3.05) is 18.1 Å². The molecule has 3 rings (SSSR count). The number of para-hydroxylation sites is 1. The number of aliphatic hydroxyl groups is 1. The predicted octanol–water partition coefficient (Wildman–Crippen LogP) is 4.47. The third kappa shape index (κ3) is 5.55. The third-order valence-corrected chi connectivity index (χ3v) is 5.76. The average molecular weight is 459 g/mol. The highest BCUT2D eigenvalue weighted by molar-refractivity contribution is 8.19. The van der Waals surface area contributed by atoms with Gasteiger partial charge in [-0.3, -0.25) is 14.7 Å². The van der Waals surface area contributed by atoms with E-state index in [0.717, 1.165) is 23.2 Å². The van der Waals surface area contributed by atoms with E-state index in [9.17, 15) is 14.7 Å². The normalized spacial score (nSPS) is 17.4. The summed E-state index contributed by atoms with van der Waals surface area (Å²) in [5.74, 6) is 0.210. The number of ether oxygens (including phenoxy) is 1. The molecule has 6 nitrogen and oxygen atoms in total. The second-order valence-corrected chi connectivity index (χ2v) is 8.32. The molecule has 2 aromatic rings. The fraction of sp³-hybridized carbons (Fsp3) is 0.261. The Kier molecular flexibility index (Phi) is 7.90. The molecule has 0 spiro atoms. The van der Waals surface area contributed by atoms with Crippen LogP contribution in [0.1, 0.15) is 24.5 Å². The zero-order valence-electron chi connectivity index (χ0n) is 17.2. The van der Waals surface area contributed by atoms with E-state index in [0.29, 0.717) is 33.7 Å². The molecule has 1 heterocycles. The van der Waals surface area contributed by atoms with Gasteiger partial charge >= 0.3 is 0 Å². The molecule has 1 aliphatic heterocycles. The summed E-state index contributed by atoms with van der Waals surface area (Å²) >= 11 is 7.60. The Morgan fingerprint density at radius 3 is 2.74 bits per heavy atom. The monoisotopic (exact) mass is 458 g/mol. The van der Waals surface area contributed by atoms with E-state index in [2.05, 4.69) is 4.99 Å². The second-order valence-electron chi connectivity index (χ2n) is 6.91. The molecule has 1 amide bonds. The largest absolute Gasteiger partial charge is 0.489 e. The first-order chi connectivity index (χ1) is 14.9. The topological polar surface area (TPSA) is 79.2 Å². The second kappa shape index (κ2) is 10.6. The highest BCUT2D eigenvalue weighted by atomic mass is 35.5. The fourth-order valence-electron chi connectivity index (χ4n) is 2.90. The van der Waals surface area contributed by atoms with Crippen LogP contribution in [-0.2, 0) is 9.59 Å². The summed E-state index contributed by atoms with van der Waals surface area (Å²) in [4.78, 5) is 30.6. The van der Waals surface area contributed by atoms with Crippen molar-refractivity contribution in [2.24, 2.45) is 4.99 Å². The molecule has 1 N–H and O–H groups in total. The number of hydrogen-bond acceptors (Lipinski definition) is 6. The zero-order chi connectivity index (χ0) is 22.4. The van der Waals surface area contributed by atoms with Crippen LogP contribution in [0.4, 0.5) is 5.69 Å². The molecule has 8 heteroatoms. The van der Waals surface area contributed by atoms with Gasteiger partial charge in [0, 0.05) is 6.54 Å². The first-order valence-corrected chi connectivity index (χ1v) is 11.0. The first-order valence-electron chi connectivity index (χ1n) is 9.84. The molecule has 0 radical (unpaired) electrons. The smallest absolute Gasteiger partial charge is 0.271 e. The van der Waals surface area contributed by atoms with Gasteiger partial charge in [0.25, 0.3) is 5.91 Å². The van der Waals surface area contributed by atoms with Crippen LogP contribution in [0, 0.1) is 6.92 Å². The maximum atomic E-state index is 13.2. The molecule has 0 aliphatic carbocycles. The van der Waals surface area contributed by atoms with Crippen molar-refractivity contribution in [1.29, 1.82) is 0 Å². The number of amidine groups is 1. The van der Waals surface area contributed by atoms with Gasteiger partial charge in [-0.2, -0.15) is 0 Å². The molecular weight excluding hydrogens is 436 g/mol. The lowest BCUT2D eigenvalue weighted by Gasteiger charge is -2.18. The number of amides is 1. The van der Waals surface area contributed by atoms with Crippen LogP contribution in [0.15, 0.2) is 52.4 Å². The van der Waals surface area contributed by atoms with Crippen molar-refractivity contribution >= 4 is 52.5 Å². The number of rotatable bonds is 8. The van der Waals surface area contributed by atoms with Gasteiger partial charge in [-0.25, -0.2) is 0 Å². The van der Waals surface area contributed by atoms with Gasteiger partial charge in [0.15, 0.2) is 11.5 Å². The minimum absolute atomic E-state index is 0.139. The predicted molar refractivity (Wildman–Crippen MR) is 126 cm³/mol. The van der Waals surface area contributed by atoms with Crippen LogP contribution in [0.25, 0.3) is 6.08 Å². The summed E-state index contributed by atoms with van der Waals surface area (Å²) in [5.41, 5.74) is 2.53. The quantitative estimate of drug-likeness (QED) is 0.466. The molecule has 0 saturated carbocycles. The number of carbonyl (C=O) groups is 2. The molecule has 1 atom stereocenters. The highest BCUT2D eigenvalue weighted by Gasteiger charge is 2.35. The Morgan fingerprint density at radius 1 is 1.29 bits per heavy atom. The van der Waals surface area contributed by atoms with Crippen molar-refractivity contribution in [3.8, 4) is 5.75 Å². The molecule has 162 valence electrons. The molecule has 31 heavy (non-hydrogen) atoms. The standard InChI is InChI=1S/C23H23ClN2O4S/c1-3-10-25-23-26(19-7-5-4-6-15(19)2)22(29)21(31-23)12-16-8-9-20(18(24)11-16)30-14-17(28)13-27/h4-9,11-13,17,28H,3,10,14H2,1-2H3/b21-12-,25-23-/t17-/m1/s1. The van der Waals surface area contributed by atoms with Crippen LogP contribution < -0.4 is 9.64 Å². The number of halogens is 1. The van der Waals surface area contributed by atoms with E-state index in [-0.39, 0.29) is 12.5 Å². The number of aryl methyl sites for hydroxylation is 1. The van der Waals surface area contributed by atoms with Gasteiger partial charge in [-0.05, 0) is 60.5 Å². The SMILES string of the molecule is CCC/N=C1\S/C(=C\c2ccc(OC[C@H](O)C=O)c(Cl)c2)C(=O)N1c1ccccc1C. The maximum Gasteiger partial charge on any atom is 0.271 e. The number of aldehydes is 1. The Labute approximate surface area is 190 Å². The van der Waals surface area contributed by atoms with Crippen LogP contribution in [0.2, 0.25) is 5.02 Å². The average Bonchev–Trinajstić information content (AvgIpc) is 3.06. The summed E-state index contributed by atoms with van der Waals surface area (Å²) in [6, 6.07) is 12.8. The van der Waals surface area contributed by atoms with E-state index >= 15 is 0 Å². The number of aliphatic imine (C=N–C) groups is 1. The number of anilines is 1. The number of hydrogen-bond donors (Lipinski definition) is 1. The summed E-state index contributed by atoms with van der Waals surface area (Å²) in [6.07, 6.45) is 1.84. The van der Waals surface area contributed by atoms with Gasteiger partial charge in [0.1, 0.15) is 18.5 Å². The van der Waals surface area contributed by atoms with E-state index in [4.69, 9.17) is 16.3 Å². The number of benzene rings is 2. The van der Waals surface area contributed by atoms with E-state index in [1.165, 1.54) is 11.8 Å². The third-order valence-electron chi connectivity index (χ3n) is 4.45. The van der Waals surface area contributed by atoms with Crippen LogP contribution in [-0.4, -0.2) is 41.7 Å². The van der Waals surface area contributed by atoms with E-state index < -0.39 is 6.10 Å². The van der Waals surface area contributed by atoms with Crippen molar-refractivity contribution in [3.63, 3.8) is 0 Å². The molecule has 1 aliphatic rings. The molecule has 0 unspecified atom stereocenters. The fourth-order valence-corrected chi connectivity index (χ4v) is 4.15. The molecule has 0 bridgehead atoms. The van der Waals surface area contributed by atoms with E-state index in [1.54, 1.807) is 29.2 Å². The van der Waals surface area contributed by atoms with Crippen molar-refractivity contribution in [1.82, 2.24) is 0 Å². The number of nitrogens with zero attached hydrogens (tertiary/aromatic N) is 2. The first kappa shape index (κ1) is 23.1. The van der Waals surface area contributed by atoms with Gasteiger partial charge < -0.3 is 14.6 Å². The lowest BCUT2D eigenvalue weighted by molar-refractivity contribution is -0.116. The minimum Gasteiger partial charge on any atom is -0.489 e. The molecule has 1 saturated heterocycles. The Bertz CT molecular complexity index is 1040. The lowest BCUT2D eigenvalue weighted by atomic mass is 10.1. The Hall–Kier alpha value is -2.61. The van der Waals surface area contributed by atoms with Crippen molar-refractivity contribution in [2.45, 2.75) is 26.4 Å². The zero-order valence-corrected chi connectivity index (χ0v) is 18.8.